The molecular formula is C24H30N4O5S2. The molecule has 4 rings (SSSR count). The fourth-order valence-electron chi connectivity index (χ4n) is 4.54. The number of thiophene rings is 1. The van der Waals surface area contributed by atoms with E-state index in [2.05, 4.69) is 10.2 Å². The van der Waals surface area contributed by atoms with Crippen molar-refractivity contribution in [2.45, 2.75) is 30.8 Å². The Morgan fingerprint density at radius 3 is 2.57 bits per heavy atom. The molecule has 0 spiro atoms. The Labute approximate surface area is 210 Å². The van der Waals surface area contributed by atoms with E-state index in [-0.39, 0.29) is 23.6 Å². The van der Waals surface area contributed by atoms with Crippen LogP contribution < -0.4 is 5.32 Å². The van der Waals surface area contributed by atoms with Gasteiger partial charge in [0.15, 0.2) is 0 Å². The Bertz CT molecular complexity index is 1200. The zero-order valence-corrected chi connectivity index (χ0v) is 21.6. The number of benzene rings is 1. The number of rotatable bonds is 7. The van der Waals surface area contributed by atoms with Crippen LogP contribution in [0.2, 0.25) is 0 Å². The van der Waals surface area contributed by atoms with Crippen molar-refractivity contribution in [3.05, 3.63) is 64.0 Å². The highest BCUT2D eigenvalue weighted by Gasteiger charge is 2.39. The molecule has 2 amide bonds. The Hall–Kier alpha value is -2.73. The summed E-state index contributed by atoms with van der Waals surface area (Å²) >= 11 is 1.49. The van der Waals surface area contributed by atoms with E-state index in [1.54, 1.807) is 44.3 Å². The van der Waals surface area contributed by atoms with Crippen LogP contribution in [0.1, 0.15) is 25.5 Å². The third kappa shape index (κ3) is 5.13. The van der Waals surface area contributed by atoms with Gasteiger partial charge in [0, 0.05) is 45.0 Å². The van der Waals surface area contributed by atoms with Crippen LogP contribution in [-0.2, 0) is 19.6 Å². The summed E-state index contributed by atoms with van der Waals surface area (Å²) in [6.45, 7) is 5.40. The third-order valence-corrected chi connectivity index (χ3v) is 9.05. The second-order valence-corrected chi connectivity index (χ2v) is 11.3. The lowest BCUT2D eigenvalue weighted by molar-refractivity contribution is -0.139. The molecule has 1 saturated heterocycles. The van der Waals surface area contributed by atoms with Crippen LogP contribution in [-0.4, -0.2) is 80.4 Å². The lowest BCUT2D eigenvalue weighted by Gasteiger charge is -2.41. The number of esters is 1. The predicted molar refractivity (Wildman–Crippen MR) is 133 cm³/mol. The van der Waals surface area contributed by atoms with Gasteiger partial charge in [0.05, 0.1) is 23.1 Å². The molecule has 1 fully saturated rings. The number of sulfonamides is 1. The second kappa shape index (κ2) is 10.5. The number of likely N-dealkylation sites (N-methyl/N-ethyl adjacent to an activating group) is 1. The molecule has 2 unspecified atom stereocenters. The molecule has 35 heavy (non-hydrogen) atoms. The lowest BCUT2D eigenvalue weighted by atomic mass is 9.96. The molecule has 188 valence electrons. The number of hydrogen-bond donors (Lipinski definition) is 1. The van der Waals surface area contributed by atoms with Gasteiger partial charge in [0.25, 0.3) is 0 Å². The highest BCUT2D eigenvalue weighted by Crippen LogP contribution is 2.33. The van der Waals surface area contributed by atoms with Gasteiger partial charge in [-0.1, -0.05) is 18.2 Å². The Kier molecular flexibility index (Phi) is 7.60. The van der Waals surface area contributed by atoms with E-state index in [1.807, 2.05) is 23.8 Å². The van der Waals surface area contributed by atoms with Crippen molar-refractivity contribution in [2.24, 2.45) is 0 Å². The number of urea groups is 1. The molecule has 2 atom stereocenters. The standard InChI is InChI=1S/C24H30N4O5S2/c1-4-33-23(29)21-20(26(3)24(30)25-22(21)18-10-13-34-16-18)15-27-11-12-28(17(2)14-27)35(31,32)19-8-6-5-7-9-19/h5-10,13,16-17,22H,4,11-12,14-15H2,1-3H3,(H,25,30). The average Bonchev–Trinajstić information content (AvgIpc) is 3.37. The predicted octanol–water partition coefficient (Wildman–Crippen LogP) is 2.66. The Morgan fingerprint density at radius 1 is 1.20 bits per heavy atom. The van der Waals surface area contributed by atoms with E-state index in [9.17, 15) is 18.0 Å². The maximum absolute atomic E-state index is 13.2. The lowest BCUT2D eigenvalue weighted by Crippen LogP contribution is -2.56. The molecular weight excluding hydrogens is 488 g/mol. The molecule has 1 aromatic carbocycles. The maximum atomic E-state index is 13.2. The number of hydrogen-bond acceptors (Lipinski definition) is 7. The number of nitrogens with one attached hydrogen (secondary N) is 1. The van der Waals surface area contributed by atoms with Crippen LogP contribution in [0, 0.1) is 0 Å². The van der Waals surface area contributed by atoms with Crippen LogP contribution >= 0.6 is 11.3 Å². The van der Waals surface area contributed by atoms with Gasteiger partial charge in [0.2, 0.25) is 10.0 Å². The highest BCUT2D eigenvalue weighted by atomic mass is 32.2. The van der Waals surface area contributed by atoms with Gasteiger partial charge < -0.3 is 10.1 Å². The van der Waals surface area contributed by atoms with Crippen LogP contribution in [0.25, 0.3) is 0 Å². The van der Waals surface area contributed by atoms with Crippen molar-refractivity contribution in [3.8, 4) is 0 Å². The van der Waals surface area contributed by atoms with Gasteiger partial charge in [-0.05, 0) is 48.4 Å². The maximum Gasteiger partial charge on any atom is 0.338 e. The van der Waals surface area contributed by atoms with E-state index >= 15 is 0 Å². The Morgan fingerprint density at radius 2 is 1.94 bits per heavy atom. The smallest absolute Gasteiger partial charge is 0.338 e. The first-order valence-electron chi connectivity index (χ1n) is 11.5. The van der Waals surface area contributed by atoms with Gasteiger partial charge in [-0.3, -0.25) is 9.80 Å². The second-order valence-electron chi connectivity index (χ2n) is 8.59. The summed E-state index contributed by atoms with van der Waals surface area (Å²) in [7, 11) is -1.98. The quantitative estimate of drug-likeness (QED) is 0.566. The van der Waals surface area contributed by atoms with Gasteiger partial charge in [0.1, 0.15) is 0 Å². The first-order valence-corrected chi connectivity index (χ1v) is 13.9. The number of ether oxygens (including phenoxy) is 1. The fraction of sp³-hybridized carbons (Fsp3) is 0.417. The number of carbonyl (C=O) groups excluding carboxylic acids is 2. The van der Waals surface area contributed by atoms with Crippen LogP contribution in [0.4, 0.5) is 4.79 Å². The van der Waals surface area contributed by atoms with Crippen molar-refractivity contribution in [2.75, 3.05) is 39.8 Å². The monoisotopic (exact) mass is 518 g/mol. The summed E-state index contributed by atoms with van der Waals surface area (Å²) in [5, 5.41) is 6.71. The van der Waals surface area contributed by atoms with Crippen LogP contribution in [0.15, 0.2) is 63.3 Å². The molecule has 0 bridgehead atoms. The molecule has 0 radical (unpaired) electrons. The van der Waals surface area contributed by atoms with Crippen molar-refractivity contribution in [1.82, 2.24) is 19.4 Å². The van der Waals surface area contributed by atoms with Gasteiger partial charge in [-0.15, -0.1) is 0 Å². The Balaban J connectivity index is 1.60. The molecule has 3 heterocycles. The van der Waals surface area contributed by atoms with E-state index in [0.717, 1.165) is 5.56 Å². The van der Waals surface area contributed by atoms with E-state index < -0.39 is 22.0 Å². The fourth-order valence-corrected chi connectivity index (χ4v) is 6.86. The summed E-state index contributed by atoms with van der Waals surface area (Å²) in [6, 6.07) is 9.11. The molecule has 1 aromatic heterocycles. The van der Waals surface area contributed by atoms with E-state index in [1.165, 1.54) is 20.5 Å². The number of amides is 2. The van der Waals surface area contributed by atoms with Crippen molar-refractivity contribution >= 4 is 33.4 Å². The highest BCUT2D eigenvalue weighted by molar-refractivity contribution is 7.89. The minimum Gasteiger partial charge on any atom is -0.463 e. The number of nitrogens with zero attached hydrogens (tertiary/aromatic N) is 3. The van der Waals surface area contributed by atoms with Gasteiger partial charge in [-0.2, -0.15) is 15.6 Å². The summed E-state index contributed by atoms with van der Waals surface area (Å²) in [5.41, 5.74) is 1.79. The topological polar surface area (TPSA) is 99.3 Å². The molecule has 2 aromatic rings. The zero-order valence-electron chi connectivity index (χ0n) is 20.0. The van der Waals surface area contributed by atoms with Gasteiger partial charge in [-0.25, -0.2) is 18.0 Å². The molecule has 1 N–H and O–H groups in total. The normalized spacial score (nSPS) is 22.3. The SMILES string of the molecule is CCOC(=O)C1=C(CN2CCN(S(=O)(=O)c3ccccc3)C(C)C2)N(C)C(=O)NC1c1ccsc1. The number of piperazine rings is 1. The molecule has 0 aliphatic carbocycles. The molecule has 2 aliphatic heterocycles. The van der Waals surface area contributed by atoms with E-state index in [4.69, 9.17) is 4.74 Å². The average molecular weight is 519 g/mol. The molecule has 0 saturated carbocycles. The summed E-state index contributed by atoms with van der Waals surface area (Å²) < 4.78 is 33.2. The summed E-state index contributed by atoms with van der Waals surface area (Å²) in [5.74, 6) is -0.469. The minimum atomic E-state index is -3.61. The van der Waals surface area contributed by atoms with E-state index in [0.29, 0.717) is 37.4 Å². The zero-order chi connectivity index (χ0) is 25.2. The first kappa shape index (κ1) is 25.4. The van der Waals surface area contributed by atoms with Crippen molar-refractivity contribution < 1.29 is 22.7 Å². The summed E-state index contributed by atoms with van der Waals surface area (Å²) in [4.78, 5) is 29.7. The van der Waals surface area contributed by atoms with Crippen molar-refractivity contribution in [3.63, 3.8) is 0 Å². The third-order valence-electron chi connectivity index (χ3n) is 6.32. The van der Waals surface area contributed by atoms with Crippen molar-refractivity contribution in [1.29, 1.82) is 0 Å². The van der Waals surface area contributed by atoms with Gasteiger partial charge >= 0.3 is 12.0 Å². The molecule has 11 heteroatoms. The summed E-state index contributed by atoms with van der Waals surface area (Å²) in [6.07, 6.45) is 0. The van der Waals surface area contributed by atoms with Crippen LogP contribution in [0.5, 0.6) is 0 Å². The minimum absolute atomic E-state index is 0.219. The first-order chi connectivity index (χ1) is 16.7. The van der Waals surface area contributed by atoms with Crippen LogP contribution in [0.3, 0.4) is 0 Å². The molecule has 2 aliphatic rings. The molecule has 9 nitrogen and oxygen atoms in total. The number of carbonyl (C=O) groups is 2. The largest absolute Gasteiger partial charge is 0.463 e.